The fourth-order valence-corrected chi connectivity index (χ4v) is 3.88. The highest BCUT2D eigenvalue weighted by Gasteiger charge is 2.21. The van der Waals surface area contributed by atoms with Crippen LogP contribution in [0, 0.1) is 6.92 Å². The van der Waals surface area contributed by atoms with Gasteiger partial charge >= 0.3 is 0 Å². The summed E-state index contributed by atoms with van der Waals surface area (Å²) < 4.78 is 0. The molecule has 0 aliphatic carbocycles. The number of fused-ring (bicyclic) bond motifs is 1. The van der Waals surface area contributed by atoms with Gasteiger partial charge in [0, 0.05) is 50.3 Å². The molecule has 150 valence electrons. The van der Waals surface area contributed by atoms with Crippen LogP contribution in [0.5, 0.6) is 0 Å². The van der Waals surface area contributed by atoms with Gasteiger partial charge in [-0.2, -0.15) is 0 Å². The van der Waals surface area contributed by atoms with Gasteiger partial charge in [0.25, 0.3) is 5.91 Å². The van der Waals surface area contributed by atoms with E-state index in [1.807, 2.05) is 55.6 Å². The zero-order chi connectivity index (χ0) is 20.2. The van der Waals surface area contributed by atoms with E-state index < -0.39 is 0 Å². The Labute approximate surface area is 171 Å². The average molecular weight is 390 g/mol. The molecule has 1 fully saturated rings. The van der Waals surface area contributed by atoms with Crippen molar-refractivity contribution in [3.8, 4) is 0 Å². The first-order valence-electron chi connectivity index (χ1n) is 10.2. The van der Waals surface area contributed by atoms with Crippen molar-refractivity contribution in [2.75, 3.05) is 37.6 Å². The van der Waals surface area contributed by atoms with Crippen LogP contribution in [0.25, 0.3) is 10.9 Å². The third-order valence-electron chi connectivity index (χ3n) is 5.41. The smallest absolute Gasteiger partial charge is 0.253 e. The third kappa shape index (κ3) is 4.54. The van der Waals surface area contributed by atoms with Crippen molar-refractivity contribution in [3.63, 3.8) is 0 Å². The Morgan fingerprint density at radius 3 is 2.62 bits per heavy atom. The Morgan fingerprint density at radius 1 is 1.10 bits per heavy atom. The van der Waals surface area contributed by atoms with Crippen molar-refractivity contribution in [1.82, 2.24) is 20.2 Å². The Kier molecular flexibility index (Phi) is 5.71. The molecule has 1 N–H and O–H groups in total. The fraction of sp³-hybridized carbons (Fsp3) is 0.348. The molecular weight excluding hydrogens is 362 g/mol. The van der Waals surface area contributed by atoms with Gasteiger partial charge < -0.3 is 10.2 Å². The van der Waals surface area contributed by atoms with Gasteiger partial charge in [0.2, 0.25) is 0 Å². The number of pyridine rings is 2. The predicted molar refractivity (Wildman–Crippen MR) is 116 cm³/mol. The van der Waals surface area contributed by atoms with E-state index in [4.69, 9.17) is 0 Å². The van der Waals surface area contributed by atoms with Crippen LogP contribution < -0.4 is 10.2 Å². The molecule has 1 amide bonds. The van der Waals surface area contributed by atoms with Crippen LogP contribution in [0.3, 0.4) is 0 Å². The molecule has 1 atom stereocenters. The number of nitrogens with zero attached hydrogens (tertiary/aromatic N) is 4. The standard InChI is InChI=1S/C23H27N5O/c1-17(16-27-11-13-28(14-12-27)22-9-5-6-10-24-22)25-23(29)20-15-19-7-3-4-8-21(19)26-18(20)2/h3-10,15,17H,11-14,16H2,1-2H3,(H,25,29). The van der Waals surface area contributed by atoms with Gasteiger partial charge in [-0.25, -0.2) is 4.98 Å². The molecule has 0 saturated carbocycles. The van der Waals surface area contributed by atoms with Gasteiger partial charge in [0.1, 0.15) is 5.82 Å². The molecule has 1 saturated heterocycles. The number of amides is 1. The number of nitrogens with one attached hydrogen (secondary N) is 1. The zero-order valence-corrected chi connectivity index (χ0v) is 17.0. The molecule has 1 unspecified atom stereocenters. The summed E-state index contributed by atoms with van der Waals surface area (Å²) in [6.45, 7) is 8.62. The van der Waals surface area contributed by atoms with Gasteiger partial charge in [0.05, 0.1) is 16.8 Å². The highest BCUT2D eigenvalue weighted by atomic mass is 16.1. The summed E-state index contributed by atoms with van der Waals surface area (Å²) >= 11 is 0. The summed E-state index contributed by atoms with van der Waals surface area (Å²) in [7, 11) is 0. The third-order valence-corrected chi connectivity index (χ3v) is 5.41. The first kappa shape index (κ1) is 19.3. The van der Waals surface area contributed by atoms with E-state index in [1.165, 1.54) is 0 Å². The minimum absolute atomic E-state index is 0.0552. The summed E-state index contributed by atoms with van der Waals surface area (Å²) in [5, 5.41) is 4.13. The topological polar surface area (TPSA) is 61.4 Å². The van der Waals surface area contributed by atoms with Crippen LogP contribution in [0.4, 0.5) is 5.82 Å². The second-order valence-corrected chi connectivity index (χ2v) is 7.66. The summed E-state index contributed by atoms with van der Waals surface area (Å²) in [5.74, 6) is 0.980. The van der Waals surface area contributed by atoms with Gasteiger partial charge in [-0.05, 0) is 38.1 Å². The first-order valence-corrected chi connectivity index (χ1v) is 10.2. The van der Waals surface area contributed by atoms with Crippen molar-refractivity contribution >= 4 is 22.6 Å². The number of piperazine rings is 1. The number of rotatable bonds is 5. The van der Waals surface area contributed by atoms with Crippen molar-refractivity contribution in [2.24, 2.45) is 0 Å². The van der Waals surface area contributed by atoms with Gasteiger partial charge in [-0.1, -0.05) is 24.3 Å². The van der Waals surface area contributed by atoms with E-state index in [-0.39, 0.29) is 11.9 Å². The Hall–Kier alpha value is -2.99. The number of para-hydroxylation sites is 1. The number of hydrogen-bond donors (Lipinski definition) is 1. The first-order chi connectivity index (χ1) is 14.1. The maximum Gasteiger partial charge on any atom is 0.253 e. The largest absolute Gasteiger partial charge is 0.354 e. The van der Waals surface area contributed by atoms with Crippen molar-refractivity contribution in [1.29, 1.82) is 0 Å². The molecule has 2 aromatic heterocycles. The number of carbonyl (C=O) groups excluding carboxylic acids is 1. The van der Waals surface area contributed by atoms with E-state index in [9.17, 15) is 4.79 Å². The molecule has 1 aliphatic heterocycles. The molecule has 0 radical (unpaired) electrons. The van der Waals surface area contributed by atoms with Crippen LogP contribution in [-0.4, -0.2) is 59.5 Å². The summed E-state index contributed by atoms with van der Waals surface area (Å²) in [5.41, 5.74) is 2.33. The Balaban J connectivity index is 1.32. The summed E-state index contributed by atoms with van der Waals surface area (Å²) in [4.78, 5) is 26.5. The number of carbonyl (C=O) groups is 1. The number of benzene rings is 1. The van der Waals surface area contributed by atoms with Crippen LogP contribution in [0.2, 0.25) is 0 Å². The predicted octanol–water partition coefficient (Wildman–Crippen LogP) is 2.88. The van der Waals surface area contributed by atoms with Gasteiger partial charge in [-0.3, -0.25) is 14.7 Å². The van der Waals surface area contributed by atoms with Gasteiger partial charge in [-0.15, -0.1) is 0 Å². The quantitative estimate of drug-likeness (QED) is 0.727. The molecule has 1 aromatic carbocycles. The van der Waals surface area contributed by atoms with Crippen molar-refractivity contribution < 1.29 is 4.79 Å². The number of aryl methyl sites for hydroxylation is 1. The normalized spacial score (nSPS) is 16.0. The minimum Gasteiger partial charge on any atom is -0.354 e. The molecular formula is C23H27N5O. The average Bonchev–Trinajstić information content (AvgIpc) is 2.74. The van der Waals surface area contributed by atoms with Crippen LogP contribution >= 0.6 is 0 Å². The maximum absolute atomic E-state index is 12.8. The lowest BCUT2D eigenvalue weighted by Gasteiger charge is -2.36. The molecule has 29 heavy (non-hydrogen) atoms. The van der Waals surface area contributed by atoms with E-state index >= 15 is 0 Å². The summed E-state index contributed by atoms with van der Waals surface area (Å²) in [6.07, 6.45) is 1.84. The maximum atomic E-state index is 12.8. The second-order valence-electron chi connectivity index (χ2n) is 7.66. The SMILES string of the molecule is Cc1nc2ccccc2cc1C(=O)NC(C)CN1CCN(c2ccccn2)CC1. The van der Waals surface area contributed by atoms with E-state index in [0.29, 0.717) is 5.56 Å². The van der Waals surface area contributed by atoms with E-state index in [1.54, 1.807) is 0 Å². The molecule has 4 rings (SSSR count). The lowest BCUT2D eigenvalue weighted by molar-refractivity contribution is 0.0927. The number of hydrogen-bond acceptors (Lipinski definition) is 5. The molecule has 6 nitrogen and oxygen atoms in total. The molecule has 0 spiro atoms. The lowest BCUT2D eigenvalue weighted by atomic mass is 10.1. The van der Waals surface area contributed by atoms with E-state index in [0.717, 1.165) is 55.1 Å². The van der Waals surface area contributed by atoms with Crippen LogP contribution in [0.1, 0.15) is 23.0 Å². The van der Waals surface area contributed by atoms with Crippen molar-refractivity contribution in [2.45, 2.75) is 19.9 Å². The summed E-state index contributed by atoms with van der Waals surface area (Å²) in [6, 6.07) is 15.9. The second kappa shape index (κ2) is 8.57. The number of aromatic nitrogens is 2. The van der Waals surface area contributed by atoms with Crippen molar-refractivity contribution in [3.05, 3.63) is 66.0 Å². The van der Waals surface area contributed by atoms with E-state index in [2.05, 4.69) is 38.1 Å². The molecule has 3 aromatic rings. The number of anilines is 1. The monoisotopic (exact) mass is 389 g/mol. The fourth-order valence-electron chi connectivity index (χ4n) is 3.88. The zero-order valence-electron chi connectivity index (χ0n) is 17.0. The molecule has 3 heterocycles. The highest BCUT2D eigenvalue weighted by molar-refractivity contribution is 5.98. The van der Waals surface area contributed by atoms with Crippen LogP contribution in [0.15, 0.2) is 54.7 Å². The Morgan fingerprint density at radius 2 is 1.86 bits per heavy atom. The van der Waals surface area contributed by atoms with Gasteiger partial charge in [0.15, 0.2) is 0 Å². The van der Waals surface area contributed by atoms with Crippen LogP contribution in [-0.2, 0) is 0 Å². The highest BCUT2D eigenvalue weighted by Crippen LogP contribution is 2.17. The molecule has 1 aliphatic rings. The Bertz CT molecular complexity index is 983. The molecule has 6 heteroatoms. The molecule has 0 bridgehead atoms. The lowest BCUT2D eigenvalue weighted by Crippen LogP contribution is -2.51. The minimum atomic E-state index is -0.0552.